The molecular formula is C20H31N5O8. The largest absolute Gasteiger partial charge is 0.481 e. The number of nitrogens with zero attached hydrogens (tertiary/aromatic N) is 2. The van der Waals surface area contributed by atoms with Crippen molar-refractivity contribution >= 4 is 30.0 Å². The smallest absolute Gasteiger partial charge is 0.329 e. The van der Waals surface area contributed by atoms with E-state index in [2.05, 4.69) is 20.9 Å². The summed E-state index contributed by atoms with van der Waals surface area (Å²) < 4.78 is 6.60. The Morgan fingerprint density at radius 2 is 1.70 bits per heavy atom. The highest BCUT2D eigenvalue weighted by atomic mass is 16.6. The van der Waals surface area contributed by atoms with Gasteiger partial charge >= 0.3 is 30.0 Å². The number of rotatable bonds is 12. The first-order valence-electron chi connectivity index (χ1n) is 10.4. The quantitative estimate of drug-likeness (QED) is 0.219. The van der Waals surface area contributed by atoms with Crippen LogP contribution < -0.4 is 16.0 Å². The number of unbranched alkanes of at least 4 members (excludes halogenated alkanes) is 1. The summed E-state index contributed by atoms with van der Waals surface area (Å²) in [6, 6.07) is -3.78. The molecule has 1 aromatic heterocycles. The van der Waals surface area contributed by atoms with Gasteiger partial charge in [-0.05, 0) is 46.5 Å². The van der Waals surface area contributed by atoms with Crippen molar-refractivity contribution in [3.05, 3.63) is 18.7 Å². The summed E-state index contributed by atoms with van der Waals surface area (Å²) in [5.74, 6) is -3.29. The van der Waals surface area contributed by atoms with Gasteiger partial charge in [-0.2, -0.15) is 0 Å². The fraction of sp³-hybridized carbons (Fsp3) is 0.600. The number of hydrogen-bond donors (Lipinski definition) is 5. The van der Waals surface area contributed by atoms with Gasteiger partial charge in [0.1, 0.15) is 24.0 Å². The van der Waals surface area contributed by atoms with Crippen LogP contribution in [-0.4, -0.2) is 74.0 Å². The van der Waals surface area contributed by atoms with Crippen LogP contribution in [0, 0.1) is 0 Å². The molecule has 1 heterocycles. The molecule has 5 N–H and O–H groups in total. The van der Waals surface area contributed by atoms with Crippen LogP contribution in [-0.2, 0) is 19.1 Å². The summed E-state index contributed by atoms with van der Waals surface area (Å²) in [4.78, 5) is 62.4. The first-order valence-corrected chi connectivity index (χ1v) is 10.4. The maximum absolute atomic E-state index is 12.5. The second-order valence-corrected chi connectivity index (χ2v) is 8.22. The van der Waals surface area contributed by atoms with E-state index >= 15 is 0 Å². The van der Waals surface area contributed by atoms with Crippen molar-refractivity contribution in [1.29, 1.82) is 0 Å². The van der Waals surface area contributed by atoms with E-state index in [9.17, 15) is 29.1 Å². The molecule has 3 amide bonds. The maximum atomic E-state index is 12.5. The standard InChI is InChI=1S/C20H31N5O8/c1-20(2,3)33-17(30)14(6-4-5-9-22-19(32)25-11-10-21-12-25)24-18(31)23-13(16(28)29)7-8-15(26)27/h10-14H,4-9H2,1-3H3,(H,22,32)(H,26,27)(H,28,29)(H2,23,24,31). The van der Waals surface area contributed by atoms with Crippen LogP contribution >= 0.6 is 0 Å². The Bertz CT molecular complexity index is 819. The number of esters is 1. The number of aliphatic carboxylic acids is 2. The molecule has 33 heavy (non-hydrogen) atoms. The Morgan fingerprint density at radius 1 is 1.03 bits per heavy atom. The number of imidazole rings is 1. The summed E-state index contributed by atoms with van der Waals surface area (Å²) in [5.41, 5.74) is -0.808. The van der Waals surface area contributed by atoms with E-state index in [0.29, 0.717) is 19.4 Å². The predicted molar refractivity (Wildman–Crippen MR) is 114 cm³/mol. The number of urea groups is 1. The molecule has 1 rings (SSSR count). The minimum atomic E-state index is -1.43. The first kappa shape index (κ1) is 27.4. The number of hydrogen-bond acceptors (Lipinski definition) is 7. The number of amides is 3. The number of carboxylic acids is 2. The van der Waals surface area contributed by atoms with Crippen LogP contribution in [0.4, 0.5) is 9.59 Å². The van der Waals surface area contributed by atoms with Crippen molar-refractivity contribution in [2.75, 3.05) is 6.54 Å². The number of aromatic nitrogens is 2. The third-order valence-electron chi connectivity index (χ3n) is 4.18. The lowest BCUT2D eigenvalue weighted by Crippen LogP contribution is -2.52. The Labute approximate surface area is 190 Å². The van der Waals surface area contributed by atoms with Crippen LogP contribution in [0.1, 0.15) is 52.9 Å². The van der Waals surface area contributed by atoms with E-state index in [4.69, 9.17) is 9.84 Å². The SMILES string of the molecule is CC(C)(C)OC(=O)C(CCCCNC(=O)n1ccnc1)NC(=O)NC(CCC(=O)O)C(=O)O. The van der Waals surface area contributed by atoms with E-state index in [1.807, 2.05) is 0 Å². The Morgan fingerprint density at radius 3 is 2.24 bits per heavy atom. The van der Waals surface area contributed by atoms with E-state index in [-0.39, 0.29) is 18.9 Å². The van der Waals surface area contributed by atoms with Gasteiger partial charge in [-0.15, -0.1) is 0 Å². The summed E-state index contributed by atoms with van der Waals surface area (Å²) in [6.45, 7) is 5.32. The molecule has 0 aliphatic heterocycles. The van der Waals surface area contributed by atoms with Gasteiger partial charge in [-0.3, -0.25) is 9.36 Å². The highest BCUT2D eigenvalue weighted by Crippen LogP contribution is 2.12. The number of carbonyl (C=O) groups is 5. The maximum Gasteiger partial charge on any atom is 0.329 e. The van der Waals surface area contributed by atoms with Crippen molar-refractivity contribution in [2.45, 2.75) is 70.6 Å². The van der Waals surface area contributed by atoms with Crippen molar-refractivity contribution in [3.8, 4) is 0 Å². The Balaban J connectivity index is 2.62. The number of carboxylic acid groups (broad SMARTS) is 2. The molecule has 0 fully saturated rings. The average Bonchev–Trinajstić information content (AvgIpc) is 3.23. The van der Waals surface area contributed by atoms with Crippen molar-refractivity contribution in [3.63, 3.8) is 0 Å². The third kappa shape index (κ3) is 11.5. The molecular weight excluding hydrogens is 438 g/mol. The summed E-state index contributed by atoms with van der Waals surface area (Å²) in [5, 5.41) is 25.1. The van der Waals surface area contributed by atoms with Gasteiger partial charge in [-0.1, -0.05) is 0 Å². The van der Waals surface area contributed by atoms with Crippen LogP contribution in [0.15, 0.2) is 18.7 Å². The normalized spacial score (nSPS) is 12.8. The van der Waals surface area contributed by atoms with Gasteiger partial charge in [-0.25, -0.2) is 24.2 Å². The van der Waals surface area contributed by atoms with E-state index < -0.39 is 48.0 Å². The molecule has 0 aromatic carbocycles. The molecule has 13 nitrogen and oxygen atoms in total. The minimum Gasteiger partial charge on any atom is -0.481 e. The molecule has 0 saturated carbocycles. The zero-order valence-corrected chi connectivity index (χ0v) is 18.9. The van der Waals surface area contributed by atoms with Gasteiger partial charge in [0.2, 0.25) is 0 Å². The second-order valence-electron chi connectivity index (χ2n) is 8.22. The van der Waals surface area contributed by atoms with Gasteiger partial charge < -0.3 is 30.9 Å². The molecule has 0 aliphatic carbocycles. The highest BCUT2D eigenvalue weighted by Gasteiger charge is 2.28. The van der Waals surface area contributed by atoms with E-state index in [1.54, 1.807) is 20.8 Å². The summed E-state index contributed by atoms with van der Waals surface area (Å²) >= 11 is 0. The molecule has 2 unspecified atom stereocenters. The molecule has 13 heteroatoms. The predicted octanol–water partition coefficient (Wildman–Crippen LogP) is 0.939. The zero-order valence-electron chi connectivity index (χ0n) is 18.9. The van der Waals surface area contributed by atoms with Crippen LogP contribution in [0.25, 0.3) is 0 Å². The van der Waals surface area contributed by atoms with Gasteiger partial charge in [0.05, 0.1) is 0 Å². The topological polar surface area (TPSA) is 189 Å². The van der Waals surface area contributed by atoms with E-state index in [1.165, 1.54) is 23.3 Å². The van der Waals surface area contributed by atoms with Crippen molar-refractivity contribution in [1.82, 2.24) is 25.5 Å². The number of nitrogens with one attached hydrogen (secondary N) is 3. The molecule has 0 bridgehead atoms. The Kier molecular flexibility index (Phi) is 10.8. The van der Waals surface area contributed by atoms with Gasteiger partial charge in [0.15, 0.2) is 0 Å². The molecule has 184 valence electrons. The second kappa shape index (κ2) is 13.0. The van der Waals surface area contributed by atoms with E-state index in [0.717, 1.165) is 0 Å². The van der Waals surface area contributed by atoms with Crippen LogP contribution in [0.5, 0.6) is 0 Å². The molecule has 0 radical (unpaired) electrons. The monoisotopic (exact) mass is 469 g/mol. The van der Waals surface area contributed by atoms with Crippen LogP contribution in [0.2, 0.25) is 0 Å². The Hall–Kier alpha value is -3.64. The summed E-state index contributed by atoms with van der Waals surface area (Å²) in [7, 11) is 0. The minimum absolute atomic E-state index is 0.177. The van der Waals surface area contributed by atoms with Crippen molar-refractivity contribution in [2.24, 2.45) is 0 Å². The average molecular weight is 469 g/mol. The number of carbonyl (C=O) groups excluding carboxylic acids is 3. The fourth-order valence-corrected chi connectivity index (χ4v) is 2.64. The lowest BCUT2D eigenvalue weighted by molar-refractivity contribution is -0.157. The molecule has 0 spiro atoms. The fourth-order valence-electron chi connectivity index (χ4n) is 2.64. The number of ether oxygens (including phenoxy) is 1. The van der Waals surface area contributed by atoms with Gasteiger partial charge in [0.25, 0.3) is 0 Å². The molecule has 2 atom stereocenters. The third-order valence-corrected chi connectivity index (χ3v) is 4.18. The highest BCUT2D eigenvalue weighted by molar-refractivity contribution is 5.87. The first-order chi connectivity index (χ1) is 15.4. The molecule has 0 saturated heterocycles. The zero-order chi connectivity index (χ0) is 25.0. The van der Waals surface area contributed by atoms with Crippen LogP contribution in [0.3, 0.4) is 0 Å². The van der Waals surface area contributed by atoms with Crippen molar-refractivity contribution < 1.29 is 38.9 Å². The molecule has 0 aliphatic rings. The molecule has 1 aromatic rings. The van der Waals surface area contributed by atoms with Gasteiger partial charge in [0, 0.05) is 25.4 Å². The lowest BCUT2D eigenvalue weighted by atomic mass is 10.1. The summed E-state index contributed by atoms with van der Waals surface area (Å²) in [6.07, 6.45) is 4.68. The lowest BCUT2D eigenvalue weighted by Gasteiger charge is -2.25.